The molecule has 2 aromatic rings. The van der Waals surface area contributed by atoms with Crippen molar-refractivity contribution >= 4 is 0 Å². The van der Waals surface area contributed by atoms with Crippen LogP contribution in [-0.4, -0.2) is 26.5 Å². The van der Waals surface area contributed by atoms with Gasteiger partial charge in [-0.05, 0) is 18.2 Å². The molecule has 0 amide bonds. The largest absolute Gasteiger partial charge is 0.508 e. The van der Waals surface area contributed by atoms with Crippen LogP contribution in [0, 0.1) is 0 Å². The number of ether oxygens (including phenoxy) is 2. The molecule has 2 heterocycles. The van der Waals surface area contributed by atoms with E-state index in [4.69, 9.17) is 9.47 Å². The quantitative estimate of drug-likeness (QED) is 0.551. The molecule has 6 nitrogen and oxygen atoms in total. The van der Waals surface area contributed by atoms with Crippen molar-refractivity contribution in [3.63, 3.8) is 0 Å². The summed E-state index contributed by atoms with van der Waals surface area (Å²) in [4.78, 5) is 0. The highest BCUT2D eigenvalue weighted by molar-refractivity contribution is 5.54. The SMILES string of the molecule is Oc1ccc2c(c1)OC1c3cc(O)c(O)cc3OC2C1O. The van der Waals surface area contributed by atoms with Crippen molar-refractivity contribution < 1.29 is 29.9 Å². The Bertz CT molecular complexity index is 741. The van der Waals surface area contributed by atoms with E-state index in [-0.39, 0.29) is 17.2 Å². The lowest BCUT2D eigenvalue weighted by Gasteiger charge is -2.41. The Labute approximate surface area is 119 Å². The number of rotatable bonds is 0. The highest BCUT2D eigenvalue weighted by Crippen LogP contribution is 2.52. The summed E-state index contributed by atoms with van der Waals surface area (Å²) in [5, 5.41) is 39.1. The number of aliphatic hydroxyl groups excluding tert-OH is 1. The van der Waals surface area contributed by atoms with Crippen LogP contribution >= 0.6 is 0 Å². The molecular weight excluding hydrogens is 276 g/mol. The van der Waals surface area contributed by atoms with E-state index in [0.29, 0.717) is 22.6 Å². The number of phenolic OH excluding ortho intramolecular Hbond substituents is 3. The molecule has 0 aromatic heterocycles. The van der Waals surface area contributed by atoms with Crippen LogP contribution in [0.3, 0.4) is 0 Å². The molecule has 3 atom stereocenters. The fourth-order valence-electron chi connectivity index (χ4n) is 2.83. The smallest absolute Gasteiger partial charge is 0.161 e. The maximum absolute atomic E-state index is 10.4. The molecule has 21 heavy (non-hydrogen) atoms. The fraction of sp³-hybridized carbons (Fsp3) is 0.200. The Morgan fingerprint density at radius 1 is 0.762 bits per heavy atom. The molecule has 2 aromatic carbocycles. The van der Waals surface area contributed by atoms with E-state index >= 15 is 0 Å². The summed E-state index contributed by atoms with van der Waals surface area (Å²) < 4.78 is 11.5. The minimum Gasteiger partial charge on any atom is -0.508 e. The predicted molar refractivity (Wildman–Crippen MR) is 70.6 cm³/mol. The first-order valence-electron chi connectivity index (χ1n) is 6.45. The topological polar surface area (TPSA) is 99.4 Å². The molecule has 3 unspecified atom stereocenters. The summed E-state index contributed by atoms with van der Waals surface area (Å²) in [6.07, 6.45) is -2.34. The average molecular weight is 288 g/mol. The van der Waals surface area contributed by atoms with E-state index < -0.39 is 18.3 Å². The van der Waals surface area contributed by atoms with Gasteiger partial charge in [-0.3, -0.25) is 0 Å². The van der Waals surface area contributed by atoms with Gasteiger partial charge in [0.05, 0.1) is 0 Å². The number of aliphatic hydroxyl groups is 1. The molecule has 0 aliphatic carbocycles. The molecule has 2 aliphatic rings. The lowest BCUT2D eigenvalue weighted by atomic mass is 9.89. The fourth-order valence-corrected chi connectivity index (χ4v) is 2.83. The van der Waals surface area contributed by atoms with E-state index in [9.17, 15) is 20.4 Å². The zero-order valence-electron chi connectivity index (χ0n) is 10.7. The summed E-state index contributed by atoms with van der Waals surface area (Å²) >= 11 is 0. The Hall–Kier alpha value is -2.60. The second-order valence-corrected chi connectivity index (χ2v) is 5.17. The van der Waals surface area contributed by atoms with Crippen LogP contribution in [-0.2, 0) is 0 Å². The highest BCUT2D eigenvalue weighted by atomic mass is 16.5. The molecule has 0 fully saturated rings. The molecule has 0 spiro atoms. The number of aromatic hydroxyl groups is 3. The van der Waals surface area contributed by atoms with Gasteiger partial charge < -0.3 is 29.9 Å². The number of hydrogen-bond acceptors (Lipinski definition) is 6. The van der Waals surface area contributed by atoms with E-state index in [0.717, 1.165) is 0 Å². The van der Waals surface area contributed by atoms with Gasteiger partial charge in [0.15, 0.2) is 23.7 Å². The standard InChI is InChI=1S/C15H12O6/c16-6-1-2-7-11(3-6)20-15-8-4-9(17)10(18)5-12(8)21-14(7)13(15)19/h1-5,13-19H. The van der Waals surface area contributed by atoms with Crippen molar-refractivity contribution in [3.05, 3.63) is 41.5 Å². The maximum atomic E-state index is 10.4. The van der Waals surface area contributed by atoms with Gasteiger partial charge in [0, 0.05) is 23.3 Å². The lowest BCUT2D eigenvalue weighted by molar-refractivity contribution is -0.0770. The molecule has 108 valence electrons. The third-order valence-corrected chi connectivity index (χ3v) is 3.85. The van der Waals surface area contributed by atoms with Gasteiger partial charge in [-0.2, -0.15) is 0 Å². The first-order chi connectivity index (χ1) is 10.0. The normalized spacial score (nSPS) is 25.3. The molecule has 2 aliphatic heterocycles. The lowest BCUT2D eigenvalue weighted by Crippen LogP contribution is -2.40. The number of hydrogen-bond donors (Lipinski definition) is 4. The van der Waals surface area contributed by atoms with Crippen molar-refractivity contribution in [2.24, 2.45) is 0 Å². The molecule has 0 radical (unpaired) electrons. The molecule has 6 heteroatoms. The first-order valence-corrected chi connectivity index (χ1v) is 6.45. The molecule has 2 bridgehead atoms. The van der Waals surface area contributed by atoms with Crippen molar-refractivity contribution in [3.8, 4) is 28.7 Å². The predicted octanol–water partition coefficient (Wildman–Crippen LogP) is 1.73. The Kier molecular flexibility index (Phi) is 2.29. The van der Waals surface area contributed by atoms with E-state index in [1.165, 1.54) is 24.3 Å². The summed E-state index contributed by atoms with van der Waals surface area (Å²) in [6, 6.07) is 7.17. The number of phenols is 3. The van der Waals surface area contributed by atoms with Crippen molar-refractivity contribution in [2.45, 2.75) is 18.3 Å². The minimum absolute atomic E-state index is 0.0528. The molecular formula is C15H12O6. The van der Waals surface area contributed by atoms with Crippen LogP contribution in [0.25, 0.3) is 0 Å². The molecule has 4 N–H and O–H groups in total. The van der Waals surface area contributed by atoms with Gasteiger partial charge in [-0.25, -0.2) is 0 Å². The summed E-state index contributed by atoms with van der Waals surface area (Å²) in [5.74, 6) is 0.220. The zero-order valence-corrected chi connectivity index (χ0v) is 10.7. The third kappa shape index (κ3) is 1.62. The van der Waals surface area contributed by atoms with Gasteiger partial charge in [-0.15, -0.1) is 0 Å². The van der Waals surface area contributed by atoms with Gasteiger partial charge in [0.2, 0.25) is 0 Å². The van der Waals surface area contributed by atoms with Crippen LogP contribution < -0.4 is 9.47 Å². The minimum atomic E-state index is -0.946. The van der Waals surface area contributed by atoms with E-state index in [1.807, 2.05) is 0 Å². The van der Waals surface area contributed by atoms with E-state index in [2.05, 4.69) is 0 Å². The second kappa shape index (κ2) is 3.95. The monoisotopic (exact) mass is 288 g/mol. The highest BCUT2D eigenvalue weighted by Gasteiger charge is 2.45. The zero-order chi connectivity index (χ0) is 14.7. The summed E-state index contributed by atoms with van der Waals surface area (Å²) in [7, 11) is 0. The summed E-state index contributed by atoms with van der Waals surface area (Å²) in [6.45, 7) is 0. The van der Waals surface area contributed by atoms with Crippen molar-refractivity contribution in [1.82, 2.24) is 0 Å². The van der Waals surface area contributed by atoms with Crippen LogP contribution in [0.1, 0.15) is 23.3 Å². The number of fused-ring (bicyclic) bond motifs is 6. The second-order valence-electron chi connectivity index (χ2n) is 5.17. The molecule has 0 saturated heterocycles. The molecule has 0 saturated carbocycles. The van der Waals surface area contributed by atoms with Gasteiger partial charge in [0.25, 0.3) is 0 Å². The van der Waals surface area contributed by atoms with Crippen LogP contribution in [0.2, 0.25) is 0 Å². The number of benzene rings is 2. The van der Waals surface area contributed by atoms with Crippen LogP contribution in [0.4, 0.5) is 0 Å². The Balaban J connectivity index is 1.88. The molecule has 4 rings (SSSR count). The van der Waals surface area contributed by atoms with E-state index in [1.54, 1.807) is 6.07 Å². The first kappa shape index (κ1) is 12.2. The van der Waals surface area contributed by atoms with Crippen LogP contribution in [0.15, 0.2) is 30.3 Å². The summed E-state index contributed by atoms with van der Waals surface area (Å²) in [5.41, 5.74) is 1.07. The average Bonchev–Trinajstić information content (AvgIpc) is 2.43. The van der Waals surface area contributed by atoms with Crippen molar-refractivity contribution in [2.75, 3.05) is 0 Å². The van der Waals surface area contributed by atoms with Gasteiger partial charge >= 0.3 is 0 Å². The van der Waals surface area contributed by atoms with Crippen LogP contribution in [0.5, 0.6) is 28.7 Å². The third-order valence-electron chi connectivity index (χ3n) is 3.85. The Morgan fingerprint density at radius 2 is 1.38 bits per heavy atom. The van der Waals surface area contributed by atoms with Gasteiger partial charge in [-0.1, -0.05) is 0 Å². The van der Waals surface area contributed by atoms with Crippen molar-refractivity contribution in [1.29, 1.82) is 0 Å². The van der Waals surface area contributed by atoms with Gasteiger partial charge in [0.1, 0.15) is 23.4 Å². The Morgan fingerprint density at radius 3 is 2.14 bits per heavy atom. The maximum Gasteiger partial charge on any atom is 0.161 e.